The molecule has 0 unspecified atom stereocenters. The molecule has 2 aromatic heterocycles. The predicted octanol–water partition coefficient (Wildman–Crippen LogP) is 1.70. The van der Waals surface area contributed by atoms with Crippen LogP contribution in [0.25, 0.3) is 5.82 Å². The average Bonchev–Trinajstić information content (AvgIpc) is 2.82. The fourth-order valence-corrected chi connectivity index (χ4v) is 1.60. The lowest BCUT2D eigenvalue weighted by atomic mass is 10.4. The van der Waals surface area contributed by atoms with E-state index in [1.807, 2.05) is 6.92 Å². The van der Waals surface area contributed by atoms with E-state index in [2.05, 4.69) is 20.3 Å². The van der Waals surface area contributed by atoms with E-state index >= 15 is 0 Å². The van der Waals surface area contributed by atoms with Crippen molar-refractivity contribution in [3.05, 3.63) is 34.5 Å². The molecule has 0 bridgehead atoms. The Morgan fingerprint density at radius 1 is 1.47 bits per heavy atom. The second-order valence-corrected chi connectivity index (χ2v) is 3.93. The SMILES string of the molecule is CCCNc1ncc([N+](=O)[O-])c(-n2ccnc2C)n1. The number of rotatable bonds is 5. The smallest absolute Gasteiger partial charge is 0.330 e. The van der Waals surface area contributed by atoms with Crippen LogP contribution in [0.4, 0.5) is 11.6 Å². The first-order valence-electron chi connectivity index (χ1n) is 5.89. The molecule has 0 spiro atoms. The largest absolute Gasteiger partial charge is 0.354 e. The van der Waals surface area contributed by atoms with Crippen molar-refractivity contribution >= 4 is 11.6 Å². The molecule has 0 aliphatic rings. The second-order valence-electron chi connectivity index (χ2n) is 3.93. The maximum atomic E-state index is 11.0. The van der Waals surface area contributed by atoms with E-state index in [1.165, 1.54) is 6.20 Å². The number of aromatic nitrogens is 4. The Morgan fingerprint density at radius 2 is 2.26 bits per heavy atom. The van der Waals surface area contributed by atoms with E-state index in [1.54, 1.807) is 23.9 Å². The average molecular weight is 262 g/mol. The number of nitrogens with one attached hydrogen (secondary N) is 1. The summed E-state index contributed by atoms with van der Waals surface area (Å²) in [6.07, 6.45) is 5.33. The van der Waals surface area contributed by atoms with Gasteiger partial charge < -0.3 is 5.32 Å². The van der Waals surface area contributed by atoms with Gasteiger partial charge in [0.2, 0.25) is 11.8 Å². The summed E-state index contributed by atoms with van der Waals surface area (Å²) in [6.45, 7) is 4.48. The van der Waals surface area contributed by atoms with Crippen LogP contribution in [-0.4, -0.2) is 31.0 Å². The van der Waals surface area contributed by atoms with Crippen LogP contribution in [0.1, 0.15) is 19.2 Å². The van der Waals surface area contributed by atoms with E-state index in [9.17, 15) is 10.1 Å². The van der Waals surface area contributed by atoms with E-state index in [4.69, 9.17) is 0 Å². The molecule has 2 rings (SSSR count). The van der Waals surface area contributed by atoms with Gasteiger partial charge in [0.15, 0.2) is 0 Å². The first kappa shape index (κ1) is 12.9. The number of nitrogens with zero attached hydrogens (tertiary/aromatic N) is 5. The molecule has 0 aliphatic heterocycles. The van der Waals surface area contributed by atoms with Gasteiger partial charge in [-0.3, -0.25) is 14.7 Å². The third kappa shape index (κ3) is 2.67. The van der Waals surface area contributed by atoms with Gasteiger partial charge in [0.1, 0.15) is 12.0 Å². The topological polar surface area (TPSA) is 98.8 Å². The normalized spacial score (nSPS) is 10.4. The number of imidazole rings is 1. The minimum absolute atomic E-state index is 0.150. The second kappa shape index (κ2) is 5.42. The Kier molecular flexibility index (Phi) is 3.69. The standard InChI is InChI=1S/C11H14N6O2/c1-3-4-13-11-14-7-9(17(18)19)10(15-11)16-6-5-12-8(16)2/h5-7H,3-4H2,1-2H3,(H,13,14,15). The van der Waals surface area contributed by atoms with Gasteiger partial charge in [-0.05, 0) is 13.3 Å². The zero-order valence-corrected chi connectivity index (χ0v) is 10.7. The highest BCUT2D eigenvalue weighted by molar-refractivity contribution is 5.49. The fraction of sp³-hybridized carbons (Fsp3) is 0.364. The number of aryl methyl sites for hydroxylation is 1. The number of anilines is 1. The first-order chi connectivity index (χ1) is 9.13. The van der Waals surface area contributed by atoms with E-state index in [0.29, 0.717) is 18.3 Å². The van der Waals surface area contributed by atoms with Crippen LogP contribution in [0, 0.1) is 17.0 Å². The monoisotopic (exact) mass is 262 g/mol. The molecule has 2 aromatic rings. The van der Waals surface area contributed by atoms with Crippen LogP contribution in [0.2, 0.25) is 0 Å². The molecule has 0 aliphatic carbocycles. The van der Waals surface area contributed by atoms with Crippen molar-refractivity contribution in [2.45, 2.75) is 20.3 Å². The van der Waals surface area contributed by atoms with E-state index in [-0.39, 0.29) is 11.5 Å². The molecule has 0 fully saturated rings. The summed E-state index contributed by atoms with van der Waals surface area (Å²) in [5, 5.41) is 14.0. The summed E-state index contributed by atoms with van der Waals surface area (Å²) in [4.78, 5) is 22.7. The number of hydrogen-bond acceptors (Lipinski definition) is 6. The molecule has 8 nitrogen and oxygen atoms in total. The van der Waals surface area contributed by atoms with Crippen molar-refractivity contribution in [1.82, 2.24) is 19.5 Å². The Hall–Kier alpha value is -2.51. The summed E-state index contributed by atoms with van der Waals surface area (Å²) in [5.74, 6) is 1.22. The minimum atomic E-state index is -0.502. The molecule has 0 aromatic carbocycles. The molecule has 0 saturated heterocycles. The molecule has 0 atom stereocenters. The lowest BCUT2D eigenvalue weighted by molar-refractivity contribution is -0.385. The van der Waals surface area contributed by atoms with Gasteiger partial charge in [0.25, 0.3) is 0 Å². The molecule has 1 N–H and O–H groups in total. The van der Waals surface area contributed by atoms with Crippen molar-refractivity contribution in [2.75, 3.05) is 11.9 Å². The molecule has 0 saturated carbocycles. The van der Waals surface area contributed by atoms with Gasteiger partial charge in [0.05, 0.1) is 4.92 Å². The zero-order valence-electron chi connectivity index (χ0n) is 10.7. The summed E-state index contributed by atoms with van der Waals surface area (Å²) in [7, 11) is 0. The van der Waals surface area contributed by atoms with Crippen molar-refractivity contribution in [3.63, 3.8) is 0 Å². The lowest BCUT2D eigenvalue weighted by Crippen LogP contribution is -2.10. The van der Waals surface area contributed by atoms with Gasteiger partial charge in [-0.2, -0.15) is 4.98 Å². The zero-order chi connectivity index (χ0) is 13.8. The van der Waals surface area contributed by atoms with Crippen LogP contribution < -0.4 is 5.32 Å². The quantitative estimate of drug-likeness (QED) is 0.650. The minimum Gasteiger partial charge on any atom is -0.354 e. The van der Waals surface area contributed by atoms with Crippen LogP contribution in [0.5, 0.6) is 0 Å². The maximum absolute atomic E-state index is 11.0. The Balaban J connectivity index is 2.48. The van der Waals surface area contributed by atoms with Crippen molar-refractivity contribution in [2.24, 2.45) is 0 Å². The summed E-state index contributed by atoms with van der Waals surface area (Å²) >= 11 is 0. The van der Waals surface area contributed by atoms with Crippen molar-refractivity contribution in [1.29, 1.82) is 0 Å². The van der Waals surface area contributed by atoms with Gasteiger partial charge in [-0.1, -0.05) is 6.92 Å². The fourth-order valence-electron chi connectivity index (χ4n) is 1.60. The van der Waals surface area contributed by atoms with Crippen LogP contribution in [0.3, 0.4) is 0 Å². The molecule has 0 amide bonds. The Labute approximate surface area is 109 Å². The third-order valence-electron chi connectivity index (χ3n) is 2.53. The molecular formula is C11H14N6O2. The number of nitro groups is 1. The van der Waals surface area contributed by atoms with Gasteiger partial charge in [-0.15, -0.1) is 0 Å². The van der Waals surface area contributed by atoms with Gasteiger partial charge in [0, 0.05) is 18.9 Å². The maximum Gasteiger partial charge on any atom is 0.330 e. The van der Waals surface area contributed by atoms with E-state index in [0.717, 1.165) is 6.42 Å². The molecule has 0 radical (unpaired) electrons. The molecule has 19 heavy (non-hydrogen) atoms. The summed E-state index contributed by atoms with van der Waals surface area (Å²) in [6, 6.07) is 0. The molecule has 8 heteroatoms. The molecule has 100 valence electrons. The summed E-state index contributed by atoms with van der Waals surface area (Å²) < 4.78 is 1.57. The predicted molar refractivity (Wildman–Crippen MR) is 69.3 cm³/mol. The van der Waals surface area contributed by atoms with Crippen LogP contribution in [0.15, 0.2) is 18.6 Å². The Morgan fingerprint density at radius 3 is 2.84 bits per heavy atom. The van der Waals surface area contributed by atoms with Crippen molar-refractivity contribution < 1.29 is 4.92 Å². The summed E-state index contributed by atoms with van der Waals surface area (Å²) in [5.41, 5.74) is -0.150. The molecular weight excluding hydrogens is 248 g/mol. The Bertz CT molecular complexity index is 595. The third-order valence-corrected chi connectivity index (χ3v) is 2.53. The highest BCUT2D eigenvalue weighted by Crippen LogP contribution is 2.21. The van der Waals surface area contributed by atoms with Gasteiger partial charge >= 0.3 is 5.69 Å². The highest BCUT2D eigenvalue weighted by atomic mass is 16.6. The van der Waals surface area contributed by atoms with E-state index < -0.39 is 4.92 Å². The van der Waals surface area contributed by atoms with Crippen LogP contribution in [-0.2, 0) is 0 Å². The van der Waals surface area contributed by atoms with Crippen LogP contribution >= 0.6 is 0 Å². The van der Waals surface area contributed by atoms with Gasteiger partial charge in [-0.25, -0.2) is 9.97 Å². The highest BCUT2D eigenvalue weighted by Gasteiger charge is 2.19. The molecule has 2 heterocycles. The van der Waals surface area contributed by atoms with Crippen molar-refractivity contribution in [3.8, 4) is 5.82 Å². The lowest BCUT2D eigenvalue weighted by Gasteiger charge is -2.07. The number of hydrogen-bond donors (Lipinski definition) is 1. The first-order valence-corrected chi connectivity index (χ1v) is 5.89.